The second-order valence-corrected chi connectivity index (χ2v) is 3.04. The molecule has 1 saturated heterocycles. The molecule has 1 rings (SSSR count). The Morgan fingerprint density at radius 2 is 2.38 bits per heavy atom. The zero-order chi connectivity index (χ0) is 8.97. The van der Waals surface area contributed by atoms with Crippen LogP contribution in [0, 0.1) is 0 Å². The minimum absolute atomic E-state index is 0. The van der Waals surface area contributed by atoms with E-state index in [2.05, 4.69) is 16.6 Å². The summed E-state index contributed by atoms with van der Waals surface area (Å²) in [6, 6.07) is 0.312. The zero-order valence-corrected chi connectivity index (χ0v) is 8.60. The molecular weight excluding hydrogens is 190 g/mol. The summed E-state index contributed by atoms with van der Waals surface area (Å²) in [6.45, 7) is 3.66. The van der Waals surface area contributed by atoms with Crippen LogP contribution in [0.1, 0.15) is 19.3 Å². The van der Waals surface area contributed by atoms with E-state index in [9.17, 15) is 4.79 Å². The van der Waals surface area contributed by atoms with Crippen LogP contribution in [0.25, 0.3) is 0 Å². The molecule has 0 aromatic carbocycles. The van der Waals surface area contributed by atoms with Gasteiger partial charge in [0.15, 0.2) is 0 Å². The highest BCUT2D eigenvalue weighted by Gasteiger charge is 2.28. The number of halogens is 1. The molecule has 0 aromatic rings. The summed E-state index contributed by atoms with van der Waals surface area (Å²) >= 11 is 0. The molecule has 13 heavy (non-hydrogen) atoms. The average Bonchev–Trinajstić information content (AvgIpc) is 2.52. The molecule has 1 aliphatic rings. The van der Waals surface area contributed by atoms with Crippen LogP contribution in [0.3, 0.4) is 0 Å². The Morgan fingerprint density at radius 1 is 1.69 bits per heavy atom. The van der Waals surface area contributed by atoms with Gasteiger partial charge in [-0.05, 0) is 19.3 Å². The van der Waals surface area contributed by atoms with Crippen LogP contribution < -0.4 is 5.32 Å². The lowest BCUT2D eigenvalue weighted by Crippen LogP contribution is -2.35. The van der Waals surface area contributed by atoms with Crippen molar-refractivity contribution in [3.05, 3.63) is 12.7 Å². The number of rotatable bonds is 3. The first-order valence-electron chi connectivity index (χ1n) is 4.22. The van der Waals surface area contributed by atoms with Crippen LogP contribution in [0.15, 0.2) is 12.7 Å². The Balaban J connectivity index is 0.00000144. The first kappa shape index (κ1) is 12.5. The molecule has 76 valence electrons. The quantitative estimate of drug-likeness (QED) is 0.557. The SMILES string of the molecule is C=CCC1CCC(C(=O)OC)N1.Cl. The Bertz CT molecular complexity index is 184. The fourth-order valence-corrected chi connectivity index (χ4v) is 1.53. The Hall–Kier alpha value is -0.540. The van der Waals surface area contributed by atoms with Gasteiger partial charge in [-0.1, -0.05) is 6.08 Å². The summed E-state index contributed by atoms with van der Waals surface area (Å²) in [5.41, 5.74) is 0. The monoisotopic (exact) mass is 205 g/mol. The van der Waals surface area contributed by atoms with Crippen LogP contribution in [-0.4, -0.2) is 25.2 Å². The maximum absolute atomic E-state index is 11.1. The van der Waals surface area contributed by atoms with Gasteiger partial charge in [0.2, 0.25) is 0 Å². The highest BCUT2D eigenvalue weighted by Crippen LogP contribution is 2.15. The highest BCUT2D eigenvalue weighted by molar-refractivity contribution is 5.85. The van der Waals surface area contributed by atoms with E-state index in [1.54, 1.807) is 0 Å². The van der Waals surface area contributed by atoms with E-state index in [4.69, 9.17) is 0 Å². The lowest BCUT2D eigenvalue weighted by atomic mass is 10.1. The molecule has 2 atom stereocenters. The lowest BCUT2D eigenvalue weighted by molar-refractivity contribution is -0.142. The molecule has 0 aromatic heterocycles. The van der Waals surface area contributed by atoms with Crippen LogP contribution in [0.4, 0.5) is 0 Å². The number of carbonyl (C=O) groups is 1. The number of carbonyl (C=O) groups excluding carboxylic acids is 1. The van der Waals surface area contributed by atoms with Gasteiger partial charge in [-0.25, -0.2) is 0 Å². The summed E-state index contributed by atoms with van der Waals surface area (Å²) in [7, 11) is 1.42. The molecule has 0 amide bonds. The molecule has 0 aliphatic carbocycles. The molecular formula is C9H16ClNO2. The van der Waals surface area contributed by atoms with Gasteiger partial charge in [0.1, 0.15) is 6.04 Å². The predicted octanol–water partition coefficient (Wildman–Crippen LogP) is 1.28. The van der Waals surface area contributed by atoms with Crippen LogP contribution >= 0.6 is 12.4 Å². The zero-order valence-electron chi connectivity index (χ0n) is 7.79. The minimum atomic E-state index is -0.151. The van der Waals surface area contributed by atoms with Crippen molar-refractivity contribution in [1.29, 1.82) is 0 Å². The second-order valence-electron chi connectivity index (χ2n) is 3.04. The highest BCUT2D eigenvalue weighted by atomic mass is 35.5. The maximum Gasteiger partial charge on any atom is 0.322 e. The summed E-state index contributed by atoms with van der Waals surface area (Å²) in [5, 5.41) is 3.20. The van der Waals surface area contributed by atoms with Crippen LogP contribution in [0.5, 0.6) is 0 Å². The normalized spacial score (nSPS) is 26.2. The minimum Gasteiger partial charge on any atom is -0.468 e. The Kier molecular flexibility index (Phi) is 5.75. The van der Waals surface area contributed by atoms with Crippen molar-refractivity contribution in [3.8, 4) is 0 Å². The molecule has 0 bridgehead atoms. The fourth-order valence-electron chi connectivity index (χ4n) is 1.53. The molecule has 0 spiro atoms. The molecule has 0 saturated carbocycles. The standard InChI is InChI=1S/C9H15NO2.ClH/c1-3-4-7-5-6-8(10-7)9(11)12-2;/h3,7-8,10H,1,4-6H2,2H3;1H. The number of hydrogen-bond acceptors (Lipinski definition) is 3. The van der Waals surface area contributed by atoms with Crippen molar-refractivity contribution < 1.29 is 9.53 Å². The largest absolute Gasteiger partial charge is 0.468 e. The van der Waals surface area contributed by atoms with Crippen molar-refractivity contribution in [2.45, 2.75) is 31.3 Å². The molecule has 1 aliphatic heterocycles. The van der Waals surface area contributed by atoms with Gasteiger partial charge in [-0.15, -0.1) is 19.0 Å². The smallest absolute Gasteiger partial charge is 0.322 e. The number of methoxy groups -OCH3 is 1. The first-order valence-corrected chi connectivity index (χ1v) is 4.22. The maximum atomic E-state index is 11.1. The van der Waals surface area contributed by atoms with Crippen molar-refractivity contribution in [2.75, 3.05) is 7.11 Å². The number of hydrogen-bond donors (Lipinski definition) is 1. The molecule has 3 nitrogen and oxygen atoms in total. The third kappa shape index (κ3) is 3.36. The second kappa shape index (κ2) is 6.00. The van der Waals surface area contributed by atoms with Crippen molar-refractivity contribution in [3.63, 3.8) is 0 Å². The van der Waals surface area contributed by atoms with Gasteiger partial charge in [-0.2, -0.15) is 0 Å². The van der Waals surface area contributed by atoms with E-state index in [0.29, 0.717) is 6.04 Å². The van der Waals surface area contributed by atoms with Crippen molar-refractivity contribution in [1.82, 2.24) is 5.32 Å². The molecule has 1 heterocycles. The predicted molar refractivity (Wildman–Crippen MR) is 54.0 cm³/mol. The summed E-state index contributed by atoms with van der Waals surface area (Å²) in [5.74, 6) is -0.151. The third-order valence-electron chi connectivity index (χ3n) is 2.18. The summed E-state index contributed by atoms with van der Waals surface area (Å²) in [4.78, 5) is 11.1. The number of ether oxygens (including phenoxy) is 1. The molecule has 1 fully saturated rings. The molecule has 1 N–H and O–H groups in total. The summed E-state index contributed by atoms with van der Waals surface area (Å²) in [6.07, 6.45) is 4.71. The average molecular weight is 206 g/mol. The number of nitrogens with one attached hydrogen (secondary N) is 1. The van der Waals surface area contributed by atoms with Crippen LogP contribution in [-0.2, 0) is 9.53 Å². The third-order valence-corrected chi connectivity index (χ3v) is 2.18. The van der Waals surface area contributed by atoms with E-state index in [0.717, 1.165) is 19.3 Å². The molecule has 4 heteroatoms. The van der Waals surface area contributed by atoms with E-state index < -0.39 is 0 Å². The van der Waals surface area contributed by atoms with Gasteiger partial charge in [0.05, 0.1) is 7.11 Å². The molecule has 0 radical (unpaired) electrons. The van der Waals surface area contributed by atoms with Gasteiger partial charge in [-0.3, -0.25) is 4.79 Å². The van der Waals surface area contributed by atoms with Gasteiger partial charge in [0, 0.05) is 6.04 Å². The van der Waals surface area contributed by atoms with Gasteiger partial charge < -0.3 is 10.1 Å². The fraction of sp³-hybridized carbons (Fsp3) is 0.667. The topological polar surface area (TPSA) is 38.3 Å². The lowest BCUT2D eigenvalue weighted by Gasteiger charge is -2.10. The van der Waals surface area contributed by atoms with Crippen LogP contribution in [0.2, 0.25) is 0 Å². The van der Waals surface area contributed by atoms with E-state index in [1.807, 2.05) is 6.08 Å². The van der Waals surface area contributed by atoms with Gasteiger partial charge >= 0.3 is 5.97 Å². The van der Waals surface area contributed by atoms with E-state index in [1.165, 1.54) is 7.11 Å². The number of esters is 1. The van der Waals surface area contributed by atoms with E-state index >= 15 is 0 Å². The summed E-state index contributed by atoms with van der Waals surface area (Å²) < 4.78 is 4.63. The van der Waals surface area contributed by atoms with Gasteiger partial charge in [0.25, 0.3) is 0 Å². The first-order chi connectivity index (χ1) is 5.77. The molecule has 2 unspecified atom stereocenters. The van der Waals surface area contributed by atoms with E-state index in [-0.39, 0.29) is 24.4 Å². The van der Waals surface area contributed by atoms with Crippen molar-refractivity contribution in [2.24, 2.45) is 0 Å². The Morgan fingerprint density at radius 3 is 2.92 bits per heavy atom. The Labute approximate surface area is 84.9 Å². The van der Waals surface area contributed by atoms with Crippen molar-refractivity contribution >= 4 is 18.4 Å².